The highest BCUT2D eigenvalue weighted by atomic mass is 35.6. The van der Waals surface area contributed by atoms with Crippen LogP contribution in [0, 0.1) is 20.8 Å². The Morgan fingerprint density at radius 2 is 1.55 bits per heavy atom. The molecule has 0 bridgehead atoms. The molecule has 0 saturated carbocycles. The van der Waals surface area contributed by atoms with Crippen molar-refractivity contribution in [3.05, 3.63) is 28.8 Å². The molecular weight excluding hydrogens is 172 g/mol. The van der Waals surface area contributed by atoms with E-state index in [1.165, 1.54) is 21.9 Å². The van der Waals surface area contributed by atoms with Crippen molar-refractivity contribution in [1.82, 2.24) is 0 Å². The van der Waals surface area contributed by atoms with Crippen LogP contribution < -0.4 is 5.19 Å². The SMILES string of the molecule is Cc1cc(C)c([SiH2]Cl)c(C)c1. The van der Waals surface area contributed by atoms with Crippen molar-refractivity contribution < 1.29 is 0 Å². The van der Waals surface area contributed by atoms with Crippen LogP contribution in [0.15, 0.2) is 12.1 Å². The predicted octanol–water partition coefficient (Wildman–Crippen LogP) is 1.56. The number of aryl methyl sites for hydroxylation is 3. The monoisotopic (exact) mass is 184 g/mol. The van der Waals surface area contributed by atoms with Gasteiger partial charge in [0, 0.05) is 0 Å². The number of hydrogen-bond acceptors (Lipinski definition) is 0. The first-order valence-corrected chi connectivity index (χ1v) is 6.62. The fraction of sp³-hybridized carbons (Fsp3) is 0.333. The van der Waals surface area contributed by atoms with E-state index in [4.69, 9.17) is 11.1 Å². The molecule has 0 aliphatic carbocycles. The Morgan fingerprint density at radius 3 is 1.91 bits per heavy atom. The Bertz CT molecular complexity index is 245. The minimum Gasteiger partial charge on any atom is -0.170 e. The van der Waals surface area contributed by atoms with E-state index in [0.717, 1.165) is 0 Å². The molecule has 1 rings (SSSR count). The van der Waals surface area contributed by atoms with Gasteiger partial charge in [0.15, 0.2) is 8.83 Å². The van der Waals surface area contributed by atoms with Crippen molar-refractivity contribution >= 4 is 25.1 Å². The van der Waals surface area contributed by atoms with Crippen molar-refractivity contribution in [1.29, 1.82) is 0 Å². The average Bonchev–Trinajstić information content (AvgIpc) is 1.85. The molecule has 60 valence electrons. The smallest absolute Gasteiger partial charge is 0.156 e. The fourth-order valence-corrected chi connectivity index (χ4v) is 3.31. The van der Waals surface area contributed by atoms with Crippen molar-refractivity contribution in [2.24, 2.45) is 0 Å². The van der Waals surface area contributed by atoms with E-state index in [1.54, 1.807) is 0 Å². The molecule has 0 fully saturated rings. The van der Waals surface area contributed by atoms with Crippen LogP contribution in [-0.4, -0.2) is 8.83 Å². The van der Waals surface area contributed by atoms with Crippen molar-refractivity contribution in [2.75, 3.05) is 0 Å². The van der Waals surface area contributed by atoms with Gasteiger partial charge in [0.1, 0.15) is 0 Å². The van der Waals surface area contributed by atoms with E-state index in [9.17, 15) is 0 Å². The van der Waals surface area contributed by atoms with E-state index in [1.807, 2.05) is 0 Å². The lowest BCUT2D eigenvalue weighted by Gasteiger charge is -2.06. The molecule has 1 aromatic rings. The lowest BCUT2D eigenvalue weighted by Crippen LogP contribution is -2.16. The lowest BCUT2D eigenvalue weighted by molar-refractivity contribution is 1.35. The molecular formula is C9H13ClSi. The van der Waals surface area contributed by atoms with Gasteiger partial charge in [-0.3, -0.25) is 0 Å². The molecule has 0 aliphatic rings. The number of hydrogen-bond donors (Lipinski definition) is 0. The van der Waals surface area contributed by atoms with Crippen LogP contribution in [0.5, 0.6) is 0 Å². The second kappa shape index (κ2) is 3.42. The van der Waals surface area contributed by atoms with Gasteiger partial charge in [-0.05, 0) is 26.0 Å². The largest absolute Gasteiger partial charge is 0.170 e. The quantitative estimate of drug-likeness (QED) is 0.459. The topological polar surface area (TPSA) is 0 Å². The second-order valence-corrected chi connectivity index (χ2v) is 4.79. The summed E-state index contributed by atoms with van der Waals surface area (Å²) in [5, 5.41) is 1.41. The molecule has 0 radical (unpaired) electrons. The first kappa shape index (κ1) is 8.82. The highest BCUT2D eigenvalue weighted by Crippen LogP contribution is 2.05. The van der Waals surface area contributed by atoms with Gasteiger partial charge in [0.05, 0.1) is 0 Å². The van der Waals surface area contributed by atoms with E-state index < -0.39 is 8.83 Å². The van der Waals surface area contributed by atoms with Crippen LogP contribution in [-0.2, 0) is 0 Å². The summed E-state index contributed by atoms with van der Waals surface area (Å²) < 4.78 is 0. The first-order chi connectivity index (χ1) is 5.15. The second-order valence-electron chi connectivity index (χ2n) is 3.01. The van der Waals surface area contributed by atoms with Gasteiger partial charge in [0.2, 0.25) is 0 Å². The van der Waals surface area contributed by atoms with Crippen LogP contribution in [0.2, 0.25) is 0 Å². The van der Waals surface area contributed by atoms with E-state index in [2.05, 4.69) is 32.9 Å². The van der Waals surface area contributed by atoms with E-state index in [0.29, 0.717) is 0 Å². The van der Waals surface area contributed by atoms with E-state index >= 15 is 0 Å². The molecule has 0 heterocycles. The zero-order chi connectivity index (χ0) is 8.43. The molecule has 0 aliphatic heterocycles. The normalized spacial score (nSPS) is 11.3. The maximum Gasteiger partial charge on any atom is 0.156 e. The van der Waals surface area contributed by atoms with Crippen LogP contribution in [0.1, 0.15) is 16.7 Å². The van der Waals surface area contributed by atoms with E-state index in [-0.39, 0.29) is 0 Å². The van der Waals surface area contributed by atoms with Crippen molar-refractivity contribution in [2.45, 2.75) is 20.8 Å². The van der Waals surface area contributed by atoms with Gasteiger partial charge in [-0.15, -0.1) is 0 Å². The fourth-order valence-electron chi connectivity index (χ4n) is 1.42. The minimum atomic E-state index is -0.510. The number of halogens is 1. The Morgan fingerprint density at radius 1 is 1.09 bits per heavy atom. The molecule has 0 aromatic heterocycles. The molecule has 11 heavy (non-hydrogen) atoms. The Hall–Kier alpha value is -0.273. The van der Waals surface area contributed by atoms with Gasteiger partial charge < -0.3 is 0 Å². The van der Waals surface area contributed by atoms with Gasteiger partial charge in [0.25, 0.3) is 0 Å². The van der Waals surface area contributed by atoms with Crippen LogP contribution >= 0.6 is 11.1 Å². The Balaban J connectivity index is 3.25. The molecule has 0 N–H and O–H groups in total. The maximum absolute atomic E-state index is 5.93. The maximum atomic E-state index is 5.93. The number of rotatable bonds is 1. The van der Waals surface area contributed by atoms with Crippen molar-refractivity contribution in [3.63, 3.8) is 0 Å². The minimum absolute atomic E-state index is 0.510. The zero-order valence-electron chi connectivity index (χ0n) is 7.24. The average molecular weight is 185 g/mol. The standard InChI is InChI=1S/C9H13ClSi/c1-6-4-7(2)9(11-10)8(3)5-6/h4-5H,11H2,1-3H3. The van der Waals surface area contributed by atoms with Crippen LogP contribution in [0.3, 0.4) is 0 Å². The first-order valence-electron chi connectivity index (χ1n) is 3.78. The summed E-state index contributed by atoms with van der Waals surface area (Å²) in [6.07, 6.45) is 0. The highest BCUT2D eigenvalue weighted by molar-refractivity contribution is 7.01. The summed E-state index contributed by atoms with van der Waals surface area (Å²) in [5.74, 6) is 0. The summed E-state index contributed by atoms with van der Waals surface area (Å²) >= 11 is 5.93. The highest BCUT2D eigenvalue weighted by Gasteiger charge is 2.01. The third-order valence-corrected chi connectivity index (χ3v) is 4.16. The molecule has 1 aromatic carbocycles. The molecule has 0 amide bonds. The zero-order valence-corrected chi connectivity index (χ0v) is 9.41. The summed E-state index contributed by atoms with van der Waals surface area (Å²) in [7, 11) is -0.510. The summed E-state index contributed by atoms with van der Waals surface area (Å²) in [6.45, 7) is 6.41. The number of benzene rings is 1. The van der Waals surface area contributed by atoms with Crippen LogP contribution in [0.4, 0.5) is 0 Å². The van der Waals surface area contributed by atoms with Crippen molar-refractivity contribution in [3.8, 4) is 0 Å². The van der Waals surface area contributed by atoms with Gasteiger partial charge in [-0.2, -0.15) is 11.1 Å². The molecule has 0 atom stereocenters. The summed E-state index contributed by atoms with van der Waals surface area (Å²) in [6, 6.07) is 4.41. The molecule has 0 spiro atoms. The predicted molar refractivity (Wildman–Crippen MR) is 54.7 cm³/mol. The summed E-state index contributed by atoms with van der Waals surface area (Å²) in [5.41, 5.74) is 4.07. The molecule has 0 nitrogen and oxygen atoms in total. The lowest BCUT2D eigenvalue weighted by atomic mass is 10.1. The Labute approximate surface area is 75.1 Å². The molecule has 0 unspecified atom stereocenters. The Kier molecular flexibility index (Phi) is 2.74. The van der Waals surface area contributed by atoms with Gasteiger partial charge in [-0.1, -0.05) is 28.8 Å². The van der Waals surface area contributed by atoms with Gasteiger partial charge in [-0.25, -0.2) is 0 Å². The molecule has 0 saturated heterocycles. The van der Waals surface area contributed by atoms with Crippen LogP contribution in [0.25, 0.3) is 0 Å². The van der Waals surface area contributed by atoms with Gasteiger partial charge >= 0.3 is 0 Å². The molecule has 2 heteroatoms. The third kappa shape index (κ3) is 1.85. The third-order valence-electron chi connectivity index (χ3n) is 1.97. The summed E-state index contributed by atoms with van der Waals surface area (Å²) in [4.78, 5) is 0.